The zero-order valence-corrected chi connectivity index (χ0v) is 28.6. The van der Waals surface area contributed by atoms with Gasteiger partial charge in [0.05, 0.1) is 22.1 Å². The van der Waals surface area contributed by atoms with Gasteiger partial charge in [-0.2, -0.15) is 0 Å². The molecule has 7 aromatic carbocycles. The SMILES string of the molecule is CC1(C)c2oc(-c3cc(-c4ccccc4)cc(-c4ccccc4)c3)cc2-n2c3ccc(-c4ccccc4)cc3c3cc(-c4ccccc4)cc1c32. The van der Waals surface area contributed by atoms with Crippen molar-refractivity contribution in [2.45, 2.75) is 19.3 Å². The first-order valence-electron chi connectivity index (χ1n) is 17.7. The average molecular weight is 654 g/mol. The summed E-state index contributed by atoms with van der Waals surface area (Å²) in [5.74, 6) is 1.85. The molecule has 242 valence electrons. The number of hydrogen-bond acceptors (Lipinski definition) is 1. The maximum Gasteiger partial charge on any atom is 0.138 e. The highest BCUT2D eigenvalue weighted by Gasteiger charge is 2.39. The van der Waals surface area contributed by atoms with Crippen LogP contribution < -0.4 is 0 Å². The fourth-order valence-electron chi connectivity index (χ4n) is 8.11. The monoisotopic (exact) mass is 653 g/mol. The highest BCUT2D eigenvalue weighted by molar-refractivity contribution is 6.14. The number of rotatable bonds is 5. The summed E-state index contributed by atoms with van der Waals surface area (Å²) in [7, 11) is 0. The number of hydrogen-bond donors (Lipinski definition) is 0. The molecule has 0 fully saturated rings. The van der Waals surface area contributed by atoms with Crippen molar-refractivity contribution in [2.24, 2.45) is 0 Å². The van der Waals surface area contributed by atoms with Crippen LogP contribution in [0.4, 0.5) is 0 Å². The fraction of sp³-hybridized carbons (Fsp3) is 0.0612. The van der Waals surface area contributed by atoms with Gasteiger partial charge in [-0.25, -0.2) is 0 Å². The van der Waals surface area contributed by atoms with Gasteiger partial charge in [-0.3, -0.25) is 0 Å². The van der Waals surface area contributed by atoms with Crippen molar-refractivity contribution in [1.82, 2.24) is 4.57 Å². The molecule has 0 amide bonds. The summed E-state index contributed by atoms with van der Waals surface area (Å²) in [5, 5.41) is 2.51. The predicted molar refractivity (Wildman–Crippen MR) is 212 cm³/mol. The molecular formula is C49H35NO. The molecule has 0 saturated carbocycles. The lowest BCUT2D eigenvalue weighted by Gasteiger charge is -2.31. The van der Waals surface area contributed by atoms with Crippen molar-refractivity contribution in [2.75, 3.05) is 0 Å². The highest BCUT2D eigenvalue weighted by Crippen LogP contribution is 2.51. The zero-order chi connectivity index (χ0) is 34.1. The summed E-state index contributed by atoms with van der Waals surface area (Å²) < 4.78 is 9.57. The van der Waals surface area contributed by atoms with Crippen LogP contribution in [0, 0.1) is 0 Å². The van der Waals surface area contributed by atoms with Crippen LogP contribution in [-0.2, 0) is 5.41 Å². The standard InChI is InChI=1S/C49H35NO/c1-49(2)43-30-39(35-21-13-6-14-22-35)29-42-41-28-36(32-15-7-3-8-16-32)23-24-44(41)50(47(42)43)45-31-46(51-48(45)49)40-26-37(33-17-9-4-10-18-33)25-38(27-40)34-19-11-5-12-20-34/h3-31H,1-2H3. The van der Waals surface area contributed by atoms with Gasteiger partial charge in [0.15, 0.2) is 0 Å². The number of benzene rings is 7. The molecule has 2 heteroatoms. The molecule has 0 aliphatic carbocycles. The maximum absolute atomic E-state index is 7.11. The highest BCUT2D eigenvalue weighted by atomic mass is 16.3. The molecule has 0 radical (unpaired) electrons. The van der Waals surface area contributed by atoms with Gasteiger partial charge in [-0.05, 0) is 106 Å². The number of aromatic nitrogens is 1. The lowest BCUT2D eigenvalue weighted by Crippen LogP contribution is -2.25. The first-order valence-corrected chi connectivity index (χ1v) is 17.7. The van der Waals surface area contributed by atoms with Crippen LogP contribution in [-0.4, -0.2) is 4.57 Å². The van der Waals surface area contributed by atoms with E-state index in [9.17, 15) is 0 Å². The first-order chi connectivity index (χ1) is 25.0. The molecule has 0 unspecified atom stereocenters. The molecule has 0 atom stereocenters. The van der Waals surface area contributed by atoms with Crippen molar-refractivity contribution in [3.8, 4) is 61.5 Å². The van der Waals surface area contributed by atoms with Crippen molar-refractivity contribution in [1.29, 1.82) is 0 Å². The van der Waals surface area contributed by atoms with Gasteiger partial charge in [-0.1, -0.05) is 127 Å². The Morgan fingerprint density at radius 2 is 0.882 bits per heavy atom. The van der Waals surface area contributed by atoms with E-state index in [1.54, 1.807) is 0 Å². The molecule has 0 bridgehead atoms. The molecule has 0 saturated heterocycles. The van der Waals surface area contributed by atoms with E-state index in [1.165, 1.54) is 71.9 Å². The minimum Gasteiger partial charge on any atom is -0.458 e. The summed E-state index contributed by atoms with van der Waals surface area (Å²) in [4.78, 5) is 0. The lowest BCUT2D eigenvalue weighted by atomic mass is 9.77. The third-order valence-electron chi connectivity index (χ3n) is 10.7. The Morgan fingerprint density at radius 1 is 0.412 bits per heavy atom. The molecule has 9 aromatic rings. The molecule has 0 spiro atoms. The van der Waals surface area contributed by atoms with Gasteiger partial charge in [0, 0.05) is 22.4 Å². The van der Waals surface area contributed by atoms with Gasteiger partial charge < -0.3 is 8.98 Å². The van der Waals surface area contributed by atoms with E-state index in [4.69, 9.17) is 4.42 Å². The van der Waals surface area contributed by atoms with E-state index >= 15 is 0 Å². The molecular weight excluding hydrogens is 619 g/mol. The summed E-state index contributed by atoms with van der Waals surface area (Å²) in [6, 6.07) is 63.5. The average Bonchev–Trinajstić information content (AvgIpc) is 3.79. The van der Waals surface area contributed by atoms with Gasteiger partial charge >= 0.3 is 0 Å². The number of fused-ring (bicyclic) bond motifs is 5. The van der Waals surface area contributed by atoms with Gasteiger partial charge in [0.1, 0.15) is 11.5 Å². The third-order valence-corrected chi connectivity index (χ3v) is 10.7. The van der Waals surface area contributed by atoms with Crippen LogP contribution in [0.1, 0.15) is 25.2 Å². The second kappa shape index (κ2) is 11.3. The van der Waals surface area contributed by atoms with Crippen LogP contribution in [0.25, 0.3) is 83.3 Å². The Balaban J connectivity index is 1.24. The van der Waals surface area contributed by atoms with Gasteiger partial charge in [-0.15, -0.1) is 0 Å². The summed E-state index contributed by atoms with van der Waals surface area (Å²) in [5.41, 5.74) is 15.0. The van der Waals surface area contributed by atoms with Crippen molar-refractivity contribution in [3.05, 3.63) is 187 Å². The topological polar surface area (TPSA) is 18.1 Å². The Hall–Kier alpha value is -6.38. The molecule has 1 aliphatic rings. The minimum absolute atomic E-state index is 0.386. The zero-order valence-electron chi connectivity index (χ0n) is 28.6. The van der Waals surface area contributed by atoms with Crippen LogP contribution in [0.3, 0.4) is 0 Å². The van der Waals surface area contributed by atoms with Crippen LogP contribution in [0.15, 0.2) is 180 Å². The van der Waals surface area contributed by atoms with E-state index in [0.717, 1.165) is 22.8 Å². The Bertz CT molecular complexity index is 2680. The summed E-state index contributed by atoms with van der Waals surface area (Å²) >= 11 is 0. The molecule has 2 nitrogen and oxygen atoms in total. The molecule has 51 heavy (non-hydrogen) atoms. The second-order valence-corrected chi connectivity index (χ2v) is 14.2. The molecule has 1 aliphatic heterocycles. The minimum atomic E-state index is -0.386. The third kappa shape index (κ3) is 4.71. The second-order valence-electron chi connectivity index (χ2n) is 14.2. The fourth-order valence-corrected chi connectivity index (χ4v) is 8.11. The van der Waals surface area contributed by atoms with E-state index in [2.05, 4.69) is 194 Å². The number of nitrogens with zero attached hydrogens (tertiary/aromatic N) is 1. The van der Waals surface area contributed by atoms with E-state index in [0.29, 0.717) is 0 Å². The van der Waals surface area contributed by atoms with Crippen LogP contribution in [0.5, 0.6) is 0 Å². The van der Waals surface area contributed by atoms with Gasteiger partial charge in [0.2, 0.25) is 0 Å². The molecule has 2 aromatic heterocycles. The first kappa shape index (κ1) is 29.5. The van der Waals surface area contributed by atoms with E-state index in [-0.39, 0.29) is 5.41 Å². The normalized spacial score (nSPS) is 13.1. The number of furan rings is 1. The van der Waals surface area contributed by atoms with Gasteiger partial charge in [0.25, 0.3) is 0 Å². The van der Waals surface area contributed by atoms with Crippen molar-refractivity contribution in [3.63, 3.8) is 0 Å². The quantitative estimate of drug-likeness (QED) is 0.181. The lowest BCUT2D eigenvalue weighted by molar-refractivity contribution is 0.433. The predicted octanol–water partition coefficient (Wildman–Crippen LogP) is 13.4. The van der Waals surface area contributed by atoms with Crippen LogP contribution >= 0.6 is 0 Å². The summed E-state index contributed by atoms with van der Waals surface area (Å²) in [6.45, 7) is 4.63. The maximum atomic E-state index is 7.11. The van der Waals surface area contributed by atoms with Crippen LogP contribution in [0.2, 0.25) is 0 Å². The largest absolute Gasteiger partial charge is 0.458 e. The smallest absolute Gasteiger partial charge is 0.138 e. The molecule has 0 N–H and O–H groups in total. The Morgan fingerprint density at radius 3 is 1.43 bits per heavy atom. The van der Waals surface area contributed by atoms with E-state index < -0.39 is 0 Å². The molecule has 3 heterocycles. The van der Waals surface area contributed by atoms with E-state index in [1.807, 2.05) is 0 Å². The Kier molecular flexibility index (Phi) is 6.56. The van der Waals surface area contributed by atoms with Crippen molar-refractivity contribution >= 4 is 21.8 Å². The van der Waals surface area contributed by atoms with Crippen molar-refractivity contribution < 1.29 is 4.42 Å². The Labute approximate surface area is 297 Å². The molecule has 10 rings (SSSR count). The summed E-state index contributed by atoms with van der Waals surface area (Å²) in [6.07, 6.45) is 0.